The minimum Gasteiger partial charge on any atom is -0.497 e. The molecule has 1 saturated heterocycles. The number of rotatable bonds is 7. The molecule has 2 heterocycles. The predicted octanol–water partition coefficient (Wildman–Crippen LogP) is 4.49. The molecule has 0 N–H and O–H groups in total. The molecule has 1 fully saturated rings. The number of fused-ring (bicyclic) bond motifs is 1. The monoisotopic (exact) mass is 453 g/mol. The van der Waals surface area contributed by atoms with E-state index in [1.165, 1.54) is 5.56 Å². The van der Waals surface area contributed by atoms with Crippen LogP contribution in [0.1, 0.15) is 5.56 Å². The first kappa shape index (κ1) is 22.4. The van der Waals surface area contributed by atoms with Crippen molar-refractivity contribution in [2.75, 3.05) is 39.8 Å². The number of nitrogens with zero attached hydrogens (tertiary/aromatic N) is 3. The van der Waals surface area contributed by atoms with Gasteiger partial charge in [-0.3, -0.25) is 14.6 Å². The molecule has 5 rings (SSSR count). The highest BCUT2D eigenvalue weighted by molar-refractivity contribution is 5.96. The molecule has 0 saturated carbocycles. The smallest absolute Gasteiger partial charge is 0.258 e. The van der Waals surface area contributed by atoms with Crippen molar-refractivity contribution in [3.63, 3.8) is 0 Å². The van der Waals surface area contributed by atoms with E-state index in [0.29, 0.717) is 6.54 Å². The van der Waals surface area contributed by atoms with Gasteiger partial charge in [0.15, 0.2) is 0 Å². The standard InChI is InChI=1S/C29H31N3O2/c1-34-25-12-13-26-27(20-25)28(24-10-6-3-7-11-24)22-32(29(26)33)19-18-30-14-16-31(17-15-30)21-23-8-4-2-5-9-23/h2-13,20,22H,14-19,21H2,1H3. The van der Waals surface area contributed by atoms with Gasteiger partial charge in [-0.2, -0.15) is 0 Å². The summed E-state index contributed by atoms with van der Waals surface area (Å²) in [5.74, 6) is 0.759. The molecule has 0 unspecified atom stereocenters. The fourth-order valence-corrected chi connectivity index (χ4v) is 4.77. The fourth-order valence-electron chi connectivity index (χ4n) is 4.77. The maximum absolute atomic E-state index is 13.3. The second-order valence-corrected chi connectivity index (χ2v) is 8.92. The summed E-state index contributed by atoms with van der Waals surface area (Å²) in [6.07, 6.45) is 2.02. The van der Waals surface area contributed by atoms with Crippen LogP contribution in [0, 0.1) is 0 Å². The summed E-state index contributed by atoms with van der Waals surface area (Å²) in [6, 6.07) is 26.7. The summed E-state index contributed by atoms with van der Waals surface area (Å²) in [7, 11) is 1.66. The molecule has 1 aliphatic heterocycles. The van der Waals surface area contributed by atoms with Gasteiger partial charge in [0.05, 0.1) is 7.11 Å². The van der Waals surface area contributed by atoms with Crippen LogP contribution in [0.2, 0.25) is 0 Å². The van der Waals surface area contributed by atoms with Crippen LogP contribution in [-0.4, -0.2) is 54.2 Å². The molecule has 4 aromatic rings. The van der Waals surface area contributed by atoms with Crippen LogP contribution in [0.5, 0.6) is 5.75 Å². The first-order valence-corrected chi connectivity index (χ1v) is 12.0. The number of hydrogen-bond donors (Lipinski definition) is 0. The highest BCUT2D eigenvalue weighted by Crippen LogP contribution is 2.29. The second-order valence-electron chi connectivity index (χ2n) is 8.92. The van der Waals surface area contributed by atoms with Crippen LogP contribution in [0.25, 0.3) is 21.9 Å². The summed E-state index contributed by atoms with van der Waals surface area (Å²) in [5, 5.41) is 1.66. The quantitative estimate of drug-likeness (QED) is 0.413. The Balaban J connectivity index is 1.32. The molecule has 174 valence electrons. The number of methoxy groups -OCH3 is 1. The maximum Gasteiger partial charge on any atom is 0.258 e. The van der Waals surface area contributed by atoms with Gasteiger partial charge in [0.25, 0.3) is 5.56 Å². The van der Waals surface area contributed by atoms with Crippen molar-refractivity contribution in [2.24, 2.45) is 0 Å². The molecule has 0 atom stereocenters. The topological polar surface area (TPSA) is 37.7 Å². The first-order chi connectivity index (χ1) is 16.7. The van der Waals surface area contributed by atoms with E-state index in [1.54, 1.807) is 7.11 Å². The summed E-state index contributed by atoms with van der Waals surface area (Å²) in [6.45, 7) is 6.71. The molecular formula is C29H31N3O2. The molecular weight excluding hydrogens is 422 g/mol. The molecule has 1 aromatic heterocycles. The minimum absolute atomic E-state index is 0.0556. The molecule has 3 aromatic carbocycles. The molecule has 34 heavy (non-hydrogen) atoms. The lowest BCUT2D eigenvalue weighted by molar-refractivity contribution is 0.124. The Morgan fingerprint density at radius 3 is 2.15 bits per heavy atom. The highest BCUT2D eigenvalue weighted by atomic mass is 16.5. The number of ether oxygens (including phenoxy) is 1. The third kappa shape index (κ3) is 4.91. The fraction of sp³-hybridized carbons (Fsp3) is 0.276. The van der Waals surface area contributed by atoms with Gasteiger partial charge in [0.1, 0.15) is 5.75 Å². The Labute approximate surface area is 200 Å². The zero-order valence-electron chi connectivity index (χ0n) is 19.7. The number of piperazine rings is 1. The predicted molar refractivity (Wildman–Crippen MR) is 138 cm³/mol. The van der Waals surface area contributed by atoms with Crippen LogP contribution in [0.4, 0.5) is 0 Å². The van der Waals surface area contributed by atoms with Crippen molar-refractivity contribution in [3.8, 4) is 16.9 Å². The second kappa shape index (κ2) is 10.2. The van der Waals surface area contributed by atoms with Gasteiger partial charge in [0.2, 0.25) is 0 Å². The minimum atomic E-state index is 0.0556. The average Bonchev–Trinajstić information content (AvgIpc) is 2.90. The maximum atomic E-state index is 13.3. The Morgan fingerprint density at radius 1 is 0.765 bits per heavy atom. The first-order valence-electron chi connectivity index (χ1n) is 12.0. The van der Waals surface area contributed by atoms with Crippen LogP contribution in [0.3, 0.4) is 0 Å². The zero-order chi connectivity index (χ0) is 23.3. The molecule has 0 aliphatic carbocycles. The van der Waals surface area contributed by atoms with Crippen molar-refractivity contribution in [3.05, 3.63) is 101 Å². The van der Waals surface area contributed by atoms with E-state index in [-0.39, 0.29) is 5.56 Å². The van der Waals surface area contributed by atoms with Crippen LogP contribution in [-0.2, 0) is 13.1 Å². The van der Waals surface area contributed by atoms with E-state index in [0.717, 1.165) is 66.9 Å². The number of pyridine rings is 1. The van der Waals surface area contributed by atoms with Crippen LogP contribution < -0.4 is 10.3 Å². The average molecular weight is 454 g/mol. The van der Waals surface area contributed by atoms with E-state index in [2.05, 4.69) is 52.3 Å². The largest absolute Gasteiger partial charge is 0.497 e. The lowest BCUT2D eigenvalue weighted by Gasteiger charge is -2.34. The lowest BCUT2D eigenvalue weighted by Crippen LogP contribution is -2.47. The normalized spacial score (nSPS) is 15.0. The summed E-state index contributed by atoms with van der Waals surface area (Å²) >= 11 is 0. The van der Waals surface area contributed by atoms with Crippen molar-refractivity contribution in [2.45, 2.75) is 13.1 Å². The molecule has 1 aliphatic rings. The van der Waals surface area contributed by atoms with Crippen molar-refractivity contribution in [1.82, 2.24) is 14.4 Å². The van der Waals surface area contributed by atoms with Crippen LogP contribution in [0.15, 0.2) is 89.9 Å². The SMILES string of the molecule is COc1ccc2c(=O)n(CCN3CCN(Cc4ccccc4)CC3)cc(-c3ccccc3)c2c1. The molecule has 5 heteroatoms. The van der Waals surface area contributed by atoms with Gasteiger partial charge in [0, 0.05) is 68.3 Å². The van der Waals surface area contributed by atoms with Gasteiger partial charge in [-0.05, 0) is 29.3 Å². The Bertz CT molecular complexity index is 1290. The number of hydrogen-bond acceptors (Lipinski definition) is 4. The summed E-state index contributed by atoms with van der Waals surface area (Å²) < 4.78 is 7.32. The number of aromatic nitrogens is 1. The third-order valence-electron chi connectivity index (χ3n) is 6.75. The van der Waals surface area contributed by atoms with Gasteiger partial charge in [-0.25, -0.2) is 0 Å². The molecule has 0 radical (unpaired) electrons. The van der Waals surface area contributed by atoms with E-state index in [1.807, 2.05) is 47.2 Å². The lowest BCUT2D eigenvalue weighted by atomic mass is 10.0. The van der Waals surface area contributed by atoms with Gasteiger partial charge < -0.3 is 9.30 Å². The van der Waals surface area contributed by atoms with Gasteiger partial charge in [-0.15, -0.1) is 0 Å². The zero-order valence-corrected chi connectivity index (χ0v) is 19.7. The Hall–Kier alpha value is -3.41. The summed E-state index contributed by atoms with van der Waals surface area (Å²) in [5.41, 5.74) is 3.58. The molecule has 0 amide bonds. The molecule has 0 spiro atoms. The van der Waals surface area contributed by atoms with Crippen molar-refractivity contribution < 1.29 is 4.74 Å². The van der Waals surface area contributed by atoms with Gasteiger partial charge in [-0.1, -0.05) is 60.7 Å². The summed E-state index contributed by atoms with van der Waals surface area (Å²) in [4.78, 5) is 18.3. The Kier molecular flexibility index (Phi) is 6.74. The highest BCUT2D eigenvalue weighted by Gasteiger charge is 2.18. The molecule has 5 nitrogen and oxygen atoms in total. The third-order valence-corrected chi connectivity index (χ3v) is 6.75. The number of benzene rings is 3. The van der Waals surface area contributed by atoms with Crippen molar-refractivity contribution >= 4 is 10.8 Å². The van der Waals surface area contributed by atoms with E-state index in [4.69, 9.17) is 4.74 Å². The van der Waals surface area contributed by atoms with E-state index in [9.17, 15) is 4.79 Å². The van der Waals surface area contributed by atoms with Crippen molar-refractivity contribution in [1.29, 1.82) is 0 Å². The van der Waals surface area contributed by atoms with Gasteiger partial charge >= 0.3 is 0 Å². The van der Waals surface area contributed by atoms with Crippen LogP contribution >= 0.6 is 0 Å². The van der Waals surface area contributed by atoms with E-state index < -0.39 is 0 Å². The molecule has 0 bridgehead atoms. The Morgan fingerprint density at radius 2 is 1.44 bits per heavy atom. The van der Waals surface area contributed by atoms with E-state index >= 15 is 0 Å².